The van der Waals surface area contributed by atoms with E-state index in [4.69, 9.17) is 14.6 Å². The van der Waals surface area contributed by atoms with Crippen LogP contribution in [0.25, 0.3) is 0 Å². The third-order valence-electron chi connectivity index (χ3n) is 4.17. The summed E-state index contributed by atoms with van der Waals surface area (Å²) in [7, 11) is 0. The van der Waals surface area contributed by atoms with Gasteiger partial charge in [0.2, 0.25) is 0 Å². The molecule has 2 atom stereocenters. The minimum absolute atomic E-state index is 0.00523. The van der Waals surface area contributed by atoms with Gasteiger partial charge in [-0.2, -0.15) is 0 Å². The molecule has 1 saturated heterocycles. The van der Waals surface area contributed by atoms with Crippen molar-refractivity contribution in [2.75, 3.05) is 26.4 Å². The van der Waals surface area contributed by atoms with Crippen LogP contribution in [0.1, 0.15) is 29.2 Å². The zero-order valence-corrected chi connectivity index (χ0v) is 12.0. The number of ether oxygens (including phenoxy) is 2. The predicted octanol–water partition coefficient (Wildman–Crippen LogP) is 1.04. The Bertz CT molecular complexity index is 505. The number of aliphatic hydroxyl groups is 1. The quantitative estimate of drug-likeness (QED) is 0.822. The van der Waals surface area contributed by atoms with Crippen molar-refractivity contribution in [3.63, 3.8) is 0 Å². The van der Waals surface area contributed by atoms with E-state index in [0.717, 1.165) is 25.8 Å². The summed E-state index contributed by atoms with van der Waals surface area (Å²) in [6, 6.07) is 6.37. The van der Waals surface area contributed by atoms with Crippen LogP contribution < -0.4 is 0 Å². The van der Waals surface area contributed by atoms with E-state index in [0.29, 0.717) is 19.6 Å². The Hall–Kier alpha value is -1.27. The van der Waals surface area contributed by atoms with Gasteiger partial charge in [-0.1, -0.05) is 18.2 Å². The second kappa shape index (κ2) is 6.66. The van der Waals surface area contributed by atoms with E-state index in [9.17, 15) is 4.79 Å². The Balaban J connectivity index is 1.75. The highest BCUT2D eigenvalue weighted by Crippen LogP contribution is 2.30. The number of hydrogen-bond donors (Lipinski definition) is 1. The van der Waals surface area contributed by atoms with Gasteiger partial charge >= 0.3 is 0 Å². The number of aliphatic hydroxyl groups excluding tert-OH is 1. The van der Waals surface area contributed by atoms with E-state index in [1.807, 2.05) is 4.90 Å². The predicted molar refractivity (Wildman–Crippen MR) is 76.8 cm³/mol. The zero-order valence-electron chi connectivity index (χ0n) is 12.0. The van der Waals surface area contributed by atoms with Crippen LogP contribution in [0.15, 0.2) is 18.2 Å². The van der Waals surface area contributed by atoms with Crippen LogP contribution in [0.4, 0.5) is 0 Å². The smallest absolute Gasteiger partial charge is 0.167 e. The molecule has 0 radical (unpaired) electrons. The summed E-state index contributed by atoms with van der Waals surface area (Å²) in [6.45, 7) is 2.96. The molecule has 1 aromatic carbocycles. The highest BCUT2D eigenvalue weighted by Gasteiger charge is 2.25. The minimum Gasteiger partial charge on any atom is -0.396 e. The van der Waals surface area contributed by atoms with Crippen molar-refractivity contribution >= 4 is 6.29 Å². The first-order chi connectivity index (χ1) is 10.3. The number of rotatable bonds is 5. The molecule has 0 spiro atoms. The van der Waals surface area contributed by atoms with Crippen molar-refractivity contribution in [3.8, 4) is 0 Å². The number of fused-ring (bicyclic) bond motifs is 1. The van der Waals surface area contributed by atoms with Crippen LogP contribution in [-0.2, 0) is 27.2 Å². The van der Waals surface area contributed by atoms with Gasteiger partial charge in [-0.25, -0.2) is 0 Å². The third-order valence-corrected chi connectivity index (χ3v) is 4.17. The molecule has 114 valence electrons. The van der Waals surface area contributed by atoms with Crippen molar-refractivity contribution < 1.29 is 19.4 Å². The van der Waals surface area contributed by atoms with Crippen molar-refractivity contribution in [2.45, 2.75) is 31.7 Å². The van der Waals surface area contributed by atoms with E-state index < -0.39 is 6.23 Å². The van der Waals surface area contributed by atoms with Crippen LogP contribution in [0.2, 0.25) is 0 Å². The number of nitrogens with zero attached hydrogens (tertiary/aromatic N) is 1. The lowest BCUT2D eigenvalue weighted by Crippen LogP contribution is -2.31. The Morgan fingerprint density at radius 1 is 1.33 bits per heavy atom. The third kappa shape index (κ3) is 3.16. The largest absolute Gasteiger partial charge is 0.396 e. The summed E-state index contributed by atoms with van der Waals surface area (Å²) in [5.74, 6) is 0. The van der Waals surface area contributed by atoms with Crippen LogP contribution >= 0.6 is 0 Å². The average molecular weight is 291 g/mol. The first-order valence-corrected chi connectivity index (χ1v) is 7.47. The van der Waals surface area contributed by atoms with Crippen LogP contribution in [0.3, 0.4) is 0 Å². The van der Waals surface area contributed by atoms with Gasteiger partial charge in [-0.05, 0) is 23.1 Å². The molecule has 0 aromatic heterocycles. The molecule has 2 aliphatic heterocycles. The second-order valence-electron chi connectivity index (χ2n) is 5.52. The summed E-state index contributed by atoms with van der Waals surface area (Å²) in [5.41, 5.74) is 3.67. The molecular formula is C16H21NO4. The SMILES string of the molecule is O=CC1OCCN1Cc1ccc2c(c1)CCO[C@H]2CCO. The monoisotopic (exact) mass is 291 g/mol. The number of carbonyl (C=O) groups is 1. The van der Waals surface area contributed by atoms with Crippen molar-refractivity contribution in [1.29, 1.82) is 0 Å². The number of hydrogen-bond acceptors (Lipinski definition) is 5. The van der Waals surface area contributed by atoms with Gasteiger partial charge in [0.25, 0.3) is 0 Å². The first-order valence-electron chi connectivity index (χ1n) is 7.47. The molecule has 1 aromatic rings. The molecule has 5 nitrogen and oxygen atoms in total. The molecule has 0 bridgehead atoms. The van der Waals surface area contributed by atoms with Gasteiger partial charge in [-0.15, -0.1) is 0 Å². The molecule has 2 heterocycles. The molecule has 0 saturated carbocycles. The van der Waals surface area contributed by atoms with E-state index in [1.165, 1.54) is 16.7 Å². The maximum atomic E-state index is 10.9. The van der Waals surface area contributed by atoms with Gasteiger partial charge in [-0.3, -0.25) is 9.69 Å². The van der Waals surface area contributed by atoms with Gasteiger partial charge in [0, 0.05) is 26.1 Å². The molecule has 5 heteroatoms. The van der Waals surface area contributed by atoms with Crippen LogP contribution in [0.5, 0.6) is 0 Å². The summed E-state index contributed by atoms with van der Waals surface area (Å²) in [5, 5.41) is 9.11. The highest BCUT2D eigenvalue weighted by molar-refractivity contribution is 5.55. The molecule has 0 amide bonds. The molecule has 2 aliphatic rings. The lowest BCUT2D eigenvalue weighted by atomic mass is 9.94. The Kier molecular flexibility index (Phi) is 4.65. The summed E-state index contributed by atoms with van der Waals surface area (Å²) in [6.07, 6.45) is 1.99. The molecule has 1 unspecified atom stereocenters. The fourth-order valence-electron chi connectivity index (χ4n) is 3.10. The van der Waals surface area contributed by atoms with E-state index >= 15 is 0 Å². The fourth-order valence-corrected chi connectivity index (χ4v) is 3.10. The standard InChI is InChI=1S/C16H21NO4/c18-6-3-15-14-2-1-12(9-13(14)4-7-20-15)10-17-5-8-21-16(17)11-19/h1-2,9,11,15-16,18H,3-8,10H2/t15-,16?/m0/s1. The topological polar surface area (TPSA) is 59.0 Å². The Morgan fingerprint density at radius 2 is 2.24 bits per heavy atom. The lowest BCUT2D eigenvalue weighted by Gasteiger charge is -2.27. The number of carbonyl (C=O) groups excluding carboxylic acids is 1. The minimum atomic E-state index is -0.411. The van der Waals surface area contributed by atoms with Gasteiger partial charge < -0.3 is 14.6 Å². The molecule has 1 fully saturated rings. The van der Waals surface area contributed by atoms with E-state index in [2.05, 4.69) is 18.2 Å². The van der Waals surface area contributed by atoms with Gasteiger partial charge in [0.1, 0.15) is 0 Å². The molecule has 21 heavy (non-hydrogen) atoms. The molecular weight excluding hydrogens is 270 g/mol. The van der Waals surface area contributed by atoms with Crippen LogP contribution in [0, 0.1) is 0 Å². The average Bonchev–Trinajstić information content (AvgIpc) is 2.95. The van der Waals surface area contributed by atoms with E-state index in [-0.39, 0.29) is 12.7 Å². The Labute approximate surface area is 124 Å². The maximum Gasteiger partial charge on any atom is 0.167 e. The number of aldehydes is 1. The first kappa shape index (κ1) is 14.7. The second-order valence-corrected chi connectivity index (χ2v) is 5.52. The highest BCUT2D eigenvalue weighted by atomic mass is 16.5. The van der Waals surface area contributed by atoms with Crippen LogP contribution in [-0.4, -0.2) is 48.9 Å². The summed E-state index contributed by atoms with van der Waals surface area (Å²) >= 11 is 0. The Morgan fingerprint density at radius 3 is 3.05 bits per heavy atom. The maximum absolute atomic E-state index is 10.9. The van der Waals surface area contributed by atoms with E-state index in [1.54, 1.807) is 0 Å². The summed E-state index contributed by atoms with van der Waals surface area (Å²) in [4.78, 5) is 13.0. The fraction of sp³-hybridized carbons (Fsp3) is 0.562. The molecule has 1 N–H and O–H groups in total. The number of benzene rings is 1. The van der Waals surface area contributed by atoms with Crippen molar-refractivity contribution in [2.24, 2.45) is 0 Å². The normalized spacial score (nSPS) is 25.8. The zero-order chi connectivity index (χ0) is 14.7. The van der Waals surface area contributed by atoms with Gasteiger partial charge in [0.05, 0.1) is 19.3 Å². The summed E-state index contributed by atoms with van der Waals surface area (Å²) < 4.78 is 11.1. The lowest BCUT2D eigenvalue weighted by molar-refractivity contribution is -0.121. The van der Waals surface area contributed by atoms with Gasteiger partial charge in [0.15, 0.2) is 12.5 Å². The molecule has 3 rings (SSSR count). The van der Waals surface area contributed by atoms with Crippen molar-refractivity contribution in [1.82, 2.24) is 4.90 Å². The molecule has 0 aliphatic carbocycles. The van der Waals surface area contributed by atoms with Crippen molar-refractivity contribution in [3.05, 3.63) is 34.9 Å².